The molecule has 0 unspecified atom stereocenters. The fraction of sp³-hybridized carbons (Fsp3) is 0.300. The first-order valence-corrected chi connectivity index (χ1v) is 14.2. The van der Waals surface area contributed by atoms with Gasteiger partial charge in [0, 0.05) is 13.6 Å². The van der Waals surface area contributed by atoms with E-state index >= 15 is 0 Å². The maximum atomic E-state index is 13.2. The molecule has 0 amide bonds. The molecule has 0 radical (unpaired) electrons. The van der Waals surface area contributed by atoms with Gasteiger partial charge in [0.2, 0.25) is 0 Å². The smallest absolute Gasteiger partial charge is 0.262 e. The van der Waals surface area contributed by atoms with Crippen molar-refractivity contribution >= 4 is 15.7 Å². The Hall–Kier alpha value is -3.42. The fourth-order valence-electron chi connectivity index (χ4n) is 4.33. The van der Waals surface area contributed by atoms with Gasteiger partial charge in [-0.25, -0.2) is 8.42 Å². The van der Waals surface area contributed by atoms with Gasteiger partial charge in [0.25, 0.3) is 10.0 Å². The molecule has 37 heavy (non-hydrogen) atoms. The van der Waals surface area contributed by atoms with Crippen LogP contribution in [0.15, 0.2) is 83.8 Å². The SMILES string of the molecule is Cc1c(NS(=O)(=O)c2ccc(-c3cccc(CNCCc4ccccc4)c3)cc2)c(CC(C)C)nn1C. The molecule has 0 atom stereocenters. The quantitative estimate of drug-likeness (QED) is 0.250. The number of nitrogens with zero attached hydrogens (tertiary/aromatic N) is 2. The summed E-state index contributed by atoms with van der Waals surface area (Å²) >= 11 is 0. The summed E-state index contributed by atoms with van der Waals surface area (Å²) in [5.41, 5.74) is 6.68. The van der Waals surface area contributed by atoms with Crippen LogP contribution in [0.1, 0.15) is 36.4 Å². The van der Waals surface area contributed by atoms with Gasteiger partial charge in [0.1, 0.15) is 0 Å². The molecule has 194 valence electrons. The summed E-state index contributed by atoms with van der Waals surface area (Å²) in [5.74, 6) is 0.367. The van der Waals surface area contributed by atoms with Crippen LogP contribution in [0.5, 0.6) is 0 Å². The molecule has 6 nitrogen and oxygen atoms in total. The summed E-state index contributed by atoms with van der Waals surface area (Å²) in [4.78, 5) is 0.230. The van der Waals surface area contributed by atoms with Gasteiger partial charge in [-0.1, -0.05) is 74.5 Å². The van der Waals surface area contributed by atoms with Crippen molar-refractivity contribution in [1.82, 2.24) is 15.1 Å². The monoisotopic (exact) mass is 516 g/mol. The van der Waals surface area contributed by atoms with Crippen molar-refractivity contribution < 1.29 is 8.42 Å². The molecule has 0 saturated heterocycles. The summed E-state index contributed by atoms with van der Waals surface area (Å²) < 4.78 is 30.9. The number of anilines is 1. The average Bonchev–Trinajstić information content (AvgIpc) is 3.14. The molecule has 0 aliphatic heterocycles. The second-order valence-electron chi connectivity index (χ2n) is 9.87. The average molecular weight is 517 g/mol. The number of hydrogen-bond donors (Lipinski definition) is 2. The van der Waals surface area contributed by atoms with Crippen LogP contribution < -0.4 is 10.0 Å². The van der Waals surface area contributed by atoms with Gasteiger partial charge in [-0.3, -0.25) is 9.40 Å². The second kappa shape index (κ2) is 11.8. The van der Waals surface area contributed by atoms with E-state index in [4.69, 9.17) is 0 Å². The predicted octanol–water partition coefficient (Wildman–Crippen LogP) is 5.73. The van der Waals surface area contributed by atoms with Crippen molar-refractivity contribution in [3.05, 3.63) is 101 Å². The maximum absolute atomic E-state index is 13.2. The summed E-state index contributed by atoms with van der Waals surface area (Å²) in [6.45, 7) is 7.75. The number of aromatic nitrogens is 2. The van der Waals surface area contributed by atoms with Crippen molar-refractivity contribution in [2.24, 2.45) is 13.0 Å². The van der Waals surface area contributed by atoms with Gasteiger partial charge in [0.15, 0.2) is 0 Å². The molecule has 4 rings (SSSR count). The van der Waals surface area contributed by atoms with Gasteiger partial charge in [0.05, 0.1) is 22.0 Å². The van der Waals surface area contributed by atoms with E-state index in [0.717, 1.165) is 42.0 Å². The van der Waals surface area contributed by atoms with Gasteiger partial charge < -0.3 is 5.32 Å². The summed E-state index contributed by atoms with van der Waals surface area (Å²) in [6.07, 6.45) is 1.69. The van der Waals surface area contributed by atoms with Crippen molar-refractivity contribution in [2.45, 2.75) is 45.1 Å². The third kappa shape index (κ3) is 6.87. The minimum Gasteiger partial charge on any atom is -0.312 e. The van der Waals surface area contributed by atoms with E-state index in [1.165, 1.54) is 11.1 Å². The highest BCUT2D eigenvalue weighted by molar-refractivity contribution is 7.92. The van der Waals surface area contributed by atoms with Gasteiger partial charge in [-0.05, 0) is 72.7 Å². The summed E-state index contributed by atoms with van der Waals surface area (Å²) in [7, 11) is -1.91. The molecule has 7 heteroatoms. The first-order valence-electron chi connectivity index (χ1n) is 12.7. The van der Waals surface area contributed by atoms with E-state index in [2.05, 4.69) is 65.4 Å². The van der Waals surface area contributed by atoms with Crippen LogP contribution in [0.2, 0.25) is 0 Å². The first-order chi connectivity index (χ1) is 17.7. The Kier molecular flexibility index (Phi) is 8.46. The molecule has 0 spiro atoms. The van der Waals surface area contributed by atoms with Gasteiger partial charge in [-0.15, -0.1) is 0 Å². The van der Waals surface area contributed by atoms with Crippen molar-refractivity contribution in [2.75, 3.05) is 11.3 Å². The van der Waals surface area contributed by atoms with E-state index in [1.54, 1.807) is 16.8 Å². The van der Waals surface area contributed by atoms with Crippen LogP contribution in [0, 0.1) is 12.8 Å². The second-order valence-corrected chi connectivity index (χ2v) is 11.6. The predicted molar refractivity (Wildman–Crippen MR) is 151 cm³/mol. The normalized spacial score (nSPS) is 11.7. The van der Waals surface area contributed by atoms with E-state index in [1.807, 2.05) is 44.3 Å². The van der Waals surface area contributed by atoms with E-state index in [-0.39, 0.29) is 4.90 Å². The molecule has 1 aromatic heterocycles. The highest BCUT2D eigenvalue weighted by Crippen LogP contribution is 2.27. The van der Waals surface area contributed by atoms with E-state index < -0.39 is 10.0 Å². The van der Waals surface area contributed by atoms with Gasteiger partial charge in [-0.2, -0.15) is 5.10 Å². The molecule has 0 aliphatic rings. The molecule has 0 saturated carbocycles. The minimum atomic E-state index is -3.74. The van der Waals surface area contributed by atoms with Crippen molar-refractivity contribution in [1.29, 1.82) is 0 Å². The third-order valence-electron chi connectivity index (χ3n) is 6.43. The Morgan fingerprint density at radius 2 is 1.59 bits per heavy atom. The first kappa shape index (κ1) is 26.6. The van der Waals surface area contributed by atoms with Crippen LogP contribution >= 0.6 is 0 Å². The van der Waals surface area contributed by atoms with E-state index in [0.29, 0.717) is 18.0 Å². The Morgan fingerprint density at radius 3 is 2.30 bits per heavy atom. The Morgan fingerprint density at radius 1 is 0.892 bits per heavy atom. The number of sulfonamides is 1. The minimum absolute atomic E-state index is 0.230. The lowest BCUT2D eigenvalue weighted by atomic mass is 10.0. The van der Waals surface area contributed by atoms with Crippen LogP contribution in [0.3, 0.4) is 0 Å². The largest absolute Gasteiger partial charge is 0.312 e. The molecular weight excluding hydrogens is 480 g/mol. The lowest BCUT2D eigenvalue weighted by molar-refractivity contribution is 0.600. The van der Waals surface area contributed by atoms with Crippen LogP contribution in [0.25, 0.3) is 11.1 Å². The highest BCUT2D eigenvalue weighted by Gasteiger charge is 2.21. The van der Waals surface area contributed by atoms with E-state index in [9.17, 15) is 8.42 Å². The Bertz CT molecular complexity index is 1430. The molecule has 1 heterocycles. The van der Waals surface area contributed by atoms with Crippen molar-refractivity contribution in [3.63, 3.8) is 0 Å². The zero-order chi connectivity index (χ0) is 26.4. The number of hydrogen-bond acceptors (Lipinski definition) is 4. The third-order valence-corrected chi connectivity index (χ3v) is 7.80. The van der Waals surface area contributed by atoms with Crippen LogP contribution in [-0.2, 0) is 36.5 Å². The van der Waals surface area contributed by atoms with Crippen LogP contribution in [0.4, 0.5) is 5.69 Å². The summed E-state index contributed by atoms with van der Waals surface area (Å²) in [6, 6.07) is 25.8. The zero-order valence-corrected chi connectivity index (χ0v) is 22.8. The number of benzene rings is 3. The Labute approximate surface area is 220 Å². The molecule has 0 fully saturated rings. The number of rotatable bonds is 11. The molecular formula is C30H36N4O2S. The fourth-order valence-corrected chi connectivity index (χ4v) is 5.48. The Balaban J connectivity index is 1.43. The molecule has 4 aromatic rings. The molecule has 0 bridgehead atoms. The number of aryl methyl sites for hydroxylation is 1. The summed E-state index contributed by atoms with van der Waals surface area (Å²) in [5, 5.41) is 8.03. The van der Waals surface area contributed by atoms with Crippen LogP contribution in [-0.4, -0.2) is 24.7 Å². The highest BCUT2D eigenvalue weighted by atomic mass is 32.2. The van der Waals surface area contributed by atoms with Crippen molar-refractivity contribution in [3.8, 4) is 11.1 Å². The molecule has 3 aromatic carbocycles. The maximum Gasteiger partial charge on any atom is 0.262 e. The molecule has 2 N–H and O–H groups in total. The standard InChI is InChI=1S/C30H36N4O2S/c1-22(2)19-29-30(23(3)34(4)32-29)33-37(35,36)28-15-13-26(14-16-28)27-12-8-11-25(20-27)21-31-18-17-24-9-6-5-7-10-24/h5-16,20,22,31,33H,17-19,21H2,1-4H3. The topological polar surface area (TPSA) is 76.0 Å². The lowest BCUT2D eigenvalue weighted by Crippen LogP contribution is -2.16. The molecule has 0 aliphatic carbocycles. The zero-order valence-electron chi connectivity index (χ0n) is 22.0. The number of nitrogens with one attached hydrogen (secondary N) is 2. The lowest BCUT2D eigenvalue weighted by Gasteiger charge is -2.12. The van der Waals surface area contributed by atoms with Gasteiger partial charge >= 0.3 is 0 Å².